The van der Waals surface area contributed by atoms with Crippen molar-refractivity contribution in [1.82, 2.24) is 26.1 Å². The van der Waals surface area contributed by atoms with Crippen LogP contribution < -0.4 is 16.2 Å². The Kier molecular flexibility index (Phi) is 4.38. The lowest BCUT2D eigenvalue weighted by atomic mass is 9.86. The molecule has 1 amide bonds. The van der Waals surface area contributed by atoms with E-state index in [2.05, 4.69) is 21.2 Å². The fourth-order valence-electron chi connectivity index (χ4n) is 5.03. The van der Waals surface area contributed by atoms with E-state index < -0.39 is 0 Å². The predicted molar refractivity (Wildman–Crippen MR) is 102 cm³/mol. The second-order valence-electron chi connectivity index (χ2n) is 8.06. The topological polar surface area (TPSA) is 72.2 Å². The van der Waals surface area contributed by atoms with Crippen LogP contribution in [0.25, 0.3) is 10.9 Å². The van der Waals surface area contributed by atoms with E-state index in [0.29, 0.717) is 17.9 Å². The van der Waals surface area contributed by atoms with Gasteiger partial charge in [0.05, 0.1) is 0 Å². The molecule has 0 bridgehead atoms. The summed E-state index contributed by atoms with van der Waals surface area (Å²) in [6, 6.07) is 5.19. The van der Waals surface area contributed by atoms with Gasteiger partial charge >= 0.3 is 0 Å². The third-order valence-electron chi connectivity index (χ3n) is 6.57. The summed E-state index contributed by atoms with van der Waals surface area (Å²) in [5.74, 6) is 0.738. The number of amides is 1. The predicted octanol–water partition coefficient (Wildman–Crippen LogP) is 1.47. The van der Waals surface area contributed by atoms with Crippen molar-refractivity contribution in [1.29, 1.82) is 0 Å². The minimum absolute atomic E-state index is 0.129. The van der Waals surface area contributed by atoms with E-state index in [-0.39, 0.29) is 17.8 Å². The van der Waals surface area contributed by atoms with Crippen molar-refractivity contribution in [3.8, 4) is 0 Å². The number of aromatic amines is 1. The van der Waals surface area contributed by atoms with Gasteiger partial charge in [-0.15, -0.1) is 0 Å². The van der Waals surface area contributed by atoms with E-state index in [1.807, 2.05) is 17.2 Å². The van der Waals surface area contributed by atoms with Crippen LogP contribution in [0, 0.1) is 11.7 Å². The number of nitrogens with zero attached hydrogens (tertiary/aromatic N) is 1. The summed E-state index contributed by atoms with van der Waals surface area (Å²) in [5.41, 5.74) is 8.65. The molecule has 3 atom stereocenters. The Labute approximate surface area is 157 Å². The lowest BCUT2D eigenvalue weighted by Crippen LogP contribution is -2.52. The molecule has 5 rings (SSSR count). The Morgan fingerprint density at radius 3 is 2.85 bits per heavy atom. The molecular formula is C20H26FN5O. The molecule has 3 fully saturated rings. The van der Waals surface area contributed by atoms with Crippen molar-refractivity contribution in [2.45, 2.75) is 37.3 Å². The number of nitrogens with one attached hydrogen (secondary N) is 4. The minimum Gasteiger partial charge on any atom is -0.361 e. The van der Waals surface area contributed by atoms with E-state index in [1.165, 1.54) is 11.6 Å². The highest BCUT2D eigenvalue weighted by molar-refractivity contribution is 5.84. The summed E-state index contributed by atoms with van der Waals surface area (Å²) >= 11 is 0. The standard InChI is InChI=1S/C20H26FN5O/c21-13-1-2-14-15(11-23-18(14)9-13)12-4-7-26(8-5-12)20(27)19-16-10-22-6-3-17(16)24-25-19/h1-2,9,11-12,16-17,19,22-25H,3-8,10H2. The molecule has 0 spiro atoms. The van der Waals surface area contributed by atoms with Crippen LogP contribution in [0.1, 0.15) is 30.7 Å². The number of carbonyl (C=O) groups excluding carboxylic acids is 1. The Balaban J connectivity index is 1.25. The minimum atomic E-state index is -0.218. The molecule has 3 unspecified atom stereocenters. The molecule has 2 aromatic rings. The third kappa shape index (κ3) is 3.03. The zero-order valence-corrected chi connectivity index (χ0v) is 15.3. The Morgan fingerprint density at radius 2 is 2.00 bits per heavy atom. The molecule has 0 radical (unpaired) electrons. The van der Waals surface area contributed by atoms with Gasteiger partial charge in [-0.05, 0) is 55.5 Å². The molecule has 4 heterocycles. The Bertz CT molecular complexity index is 844. The van der Waals surface area contributed by atoms with Crippen molar-refractivity contribution in [2.75, 3.05) is 26.2 Å². The lowest BCUT2D eigenvalue weighted by Gasteiger charge is -2.35. The van der Waals surface area contributed by atoms with Crippen LogP contribution in [-0.2, 0) is 4.79 Å². The summed E-state index contributed by atoms with van der Waals surface area (Å²) in [6.45, 7) is 3.46. The first kappa shape index (κ1) is 17.2. The van der Waals surface area contributed by atoms with Crippen molar-refractivity contribution < 1.29 is 9.18 Å². The Hall–Kier alpha value is -1.96. The van der Waals surface area contributed by atoms with Gasteiger partial charge in [0.2, 0.25) is 5.91 Å². The summed E-state index contributed by atoms with van der Waals surface area (Å²) in [7, 11) is 0. The maximum absolute atomic E-state index is 13.4. The fraction of sp³-hybridized carbons (Fsp3) is 0.550. The largest absolute Gasteiger partial charge is 0.361 e. The number of benzene rings is 1. The van der Waals surface area contributed by atoms with Gasteiger partial charge in [0.1, 0.15) is 11.9 Å². The maximum Gasteiger partial charge on any atom is 0.241 e. The normalized spacial score (nSPS) is 29.2. The van der Waals surface area contributed by atoms with Crippen molar-refractivity contribution in [2.24, 2.45) is 5.92 Å². The molecular weight excluding hydrogens is 345 g/mol. The summed E-state index contributed by atoms with van der Waals surface area (Å²) in [6.07, 6.45) is 4.96. The molecule has 144 valence electrons. The molecule has 0 saturated carbocycles. The first-order valence-corrected chi connectivity index (χ1v) is 9.98. The van der Waals surface area contributed by atoms with Crippen LogP contribution in [-0.4, -0.2) is 54.1 Å². The van der Waals surface area contributed by atoms with E-state index >= 15 is 0 Å². The van der Waals surface area contributed by atoms with Gasteiger partial charge in [-0.25, -0.2) is 9.82 Å². The molecule has 3 aliphatic heterocycles. The molecule has 27 heavy (non-hydrogen) atoms. The summed E-state index contributed by atoms with van der Waals surface area (Å²) in [5, 5.41) is 4.51. The smallest absolute Gasteiger partial charge is 0.241 e. The molecule has 0 aliphatic carbocycles. The van der Waals surface area contributed by atoms with Gasteiger partial charge in [-0.2, -0.15) is 0 Å². The maximum atomic E-state index is 13.4. The molecule has 3 aliphatic rings. The fourth-order valence-corrected chi connectivity index (χ4v) is 5.03. The second kappa shape index (κ2) is 6.89. The van der Waals surface area contributed by atoms with Crippen LogP contribution in [0.5, 0.6) is 0 Å². The third-order valence-corrected chi connectivity index (χ3v) is 6.57. The van der Waals surface area contributed by atoms with E-state index in [9.17, 15) is 9.18 Å². The molecule has 1 aromatic heterocycles. The van der Waals surface area contributed by atoms with Crippen LogP contribution >= 0.6 is 0 Å². The van der Waals surface area contributed by atoms with Crippen LogP contribution in [0.2, 0.25) is 0 Å². The highest BCUT2D eigenvalue weighted by Crippen LogP contribution is 2.34. The van der Waals surface area contributed by atoms with Crippen LogP contribution in [0.3, 0.4) is 0 Å². The van der Waals surface area contributed by atoms with Crippen molar-refractivity contribution in [3.05, 3.63) is 35.8 Å². The first-order chi connectivity index (χ1) is 13.2. The zero-order valence-electron chi connectivity index (χ0n) is 15.3. The van der Waals surface area contributed by atoms with Crippen molar-refractivity contribution >= 4 is 16.8 Å². The monoisotopic (exact) mass is 371 g/mol. The van der Waals surface area contributed by atoms with Crippen molar-refractivity contribution in [3.63, 3.8) is 0 Å². The molecule has 3 saturated heterocycles. The number of piperidine rings is 2. The van der Waals surface area contributed by atoms with Crippen LogP contribution in [0.15, 0.2) is 24.4 Å². The molecule has 6 nitrogen and oxygen atoms in total. The van der Waals surface area contributed by atoms with E-state index in [1.54, 1.807) is 6.07 Å². The average molecular weight is 371 g/mol. The quantitative estimate of drug-likeness (QED) is 0.645. The van der Waals surface area contributed by atoms with Gasteiger partial charge in [0.15, 0.2) is 0 Å². The molecule has 7 heteroatoms. The number of hydrazine groups is 1. The highest BCUT2D eigenvalue weighted by atomic mass is 19.1. The first-order valence-electron chi connectivity index (χ1n) is 9.98. The van der Waals surface area contributed by atoms with E-state index in [0.717, 1.165) is 56.3 Å². The van der Waals surface area contributed by atoms with Gasteiger partial charge in [-0.1, -0.05) is 0 Å². The number of aromatic nitrogens is 1. The van der Waals surface area contributed by atoms with Gasteiger partial charge in [0, 0.05) is 48.7 Å². The summed E-state index contributed by atoms with van der Waals surface area (Å²) < 4.78 is 13.4. The summed E-state index contributed by atoms with van der Waals surface area (Å²) in [4.78, 5) is 18.3. The zero-order chi connectivity index (χ0) is 18.4. The number of halogens is 1. The SMILES string of the molecule is O=C(C1NNC2CCNCC21)N1CCC(c2c[nH]c3cc(F)ccc23)CC1. The lowest BCUT2D eigenvalue weighted by molar-refractivity contribution is -0.135. The number of rotatable bonds is 2. The number of carbonyl (C=O) groups is 1. The van der Waals surface area contributed by atoms with Gasteiger partial charge in [-0.3, -0.25) is 10.2 Å². The number of fused-ring (bicyclic) bond motifs is 2. The number of likely N-dealkylation sites (tertiary alicyclic amines) is 1. The number of hydrogen-bond acceptors (Lipinski definition) is 4. The van der Waals surface area contributed by atoms with Crippen LogP contribution in [0.4, 0.5) is 4.39 Å². The second-order valence-corrected chi connectivity index (χ2v) is 8.06. The van der Waals surface area contributed by atoms with Gasteiger partial charge < -0.3 is 15.2 Å². The van der Waals surface area contributed by atoms with Gasteiger partial charge in [0.25, 0.3) is 0 Å². The average Bonchev–Trinajstić information content (AvgIpc) is 3.31. The highest BCUT2D eigenvalue weighted by Gasteiger charge is 2.43. The van der Waals surface area contributed by atoms with E-state index in [4.69, 9.17) is 0 Å². The number of H-pyrrole nitrogens is 1. The Morgan fingerprint density at radius 1 is 1.15 bits per heavy atom. The molecule has 1 aromatic carbocycles. The number of hydrogen-bond donors (Lipinski definition) is 4. The molecule has 4 N–H and O–H groups in total.